The molecule has 2 rings (SSSR count). The molecule has 1 unspecified atom stereocenters. The highest BCUT2D eigenvalue weighted by Gasteiger charge is 2.30. The number of hydrogen-bond donors (Lipinski definition) is 2. The smallest absolute Gasteiger partial charge is 0.0278 e. The van der Waals surface area contributed by atoms with Crippen molar-refractivity contribution < 1.29 is 0 Å². The van der Waals surface area contributed by atoms with E-state index in [1.807, 2.05) is 0 Å². The van der Waals surface area contributed by atoms with Crippen molar-refractivity contribution in [3.05, 3.63) is 0 Å². The molecular weight excluding hydrogens is 172 g/mol. The van der Waals surface area contributed by atoms with Crippen LogP contribution in [0.2, 0.25) is 0 Å². The van der Waals surface area contributed by atoms with Crippen LogP contribution in [0.4, 0.5) is 0 Å². The molecule has 0 amide bonds. The Morgan fingerprint density at radius 3 is 2.71 bits per heavy atom. The molecule has 82 valence electrons. The molecule has 2 N–H and O–H groups in total. The standard InChI is InChI=1S/C12H24N2/c1-10-7-11(8-10)13-9-12(2)5-3-4-6-14-12/h10-11,13-14H,3-9H2,1-2H3. The van der Waals surface area contributed by atoms with Gasteiger partial charge in [0.25, 0.3) is 0 Å². The first-order chi connectivity index (χ1) is 6.68. The van der Waals surface area contributed by atoms with Crippen molar-refractivity contribution in [1.29, 1.82) is 0 Å². The van der Waals surface area contributed by atoms with Gasteiger partial charge in [-0.2, -0.15) is 0 Å². The van der Waals surface area contributed by atoms with Gasteiger partial charge in [0.1, 0.15) is 0 Å². The van der Waals surface area contributed by atoms with Crippen LogP contribution in [0.5, 0.6) is 0 Å². The van der Waals surface area contributed by atoms with Gasteiger partial charge in [0, 0.05) is 18.1 Å². The summed E-state index contributed by atoms with van der Waals surface area (Å²) in [5, 5.41) is 7.34. The van der Waals surface area contributed by atoms with Crippen molar-refractivity contribution in [3.63, 3.8) is 0 Å². The lowest BCUT2D eigenvalue weighted by Crippen LogP contribution is -2.55. The van der Waals surface area contributed by atoms with E-state index in [4.69, 9.17) is 0 Å². The van der Waals surface area contributed by atoms with Crippen molar-refractivity contribution in [2.45, 2.75) is 57.5 Å². The highest BCUT2D eigenvalue weighted by Crippen LogP contribution is 2.27. The molecule has 0 spiro atoms. The van der Waals surface area contributed by atoms with E-state index in [0.717, 1.165) is 18.5 Å². The fraction of sp³-hybridized carbons (Fsp3) is 1.00. The van der Waals surface area contributed by atoms with Gasteiger partial charge < -0.3 is 10.6 Å². The quantitative estimate of drug-likeness (QED) is 0.720. The average Bonchev–Trinajstić information content (AvgIpc) is 2.12. The Kier molecular flexibility index (Phi) is 3.13. The maximum atomic E-state index is 3.70. The summed E-state index contributed by atoms with van der Waals surface area (Å²) in [6.45, 7) is 7.07. The summed E-state index contributed by atoms with van der Waals surface area (Å²) in [5.74, 6) is 0.958. The molecule has 2 heteroatoms. The minimum absolute atomic E-state index is 0.372. The third-order valence-electron chi connectivity index (χ3n) is 3.86. The predicted molar refractivity (Wildman–Crippen MR) is 60.4 cm³/mol. The van der Waals surface area contributed by atoms with Crippen LogP contribution in [-0.4, -0.2) is 24.7 Å². The van der Waals surface area contributed by atoms with Gasteiger partial charge in [0.2, 0.25) is 0 Å². The van der Waals surface area contributed by atoms with Crippen molar-refractivity contribution in [3.8, 4) is 0 Å². The van der Waals surface area contributed by atoms with E-state index in [1.54, 1.807) is 0 Å². The van der Waals surface area contributed by atoms with Gasteiger partial charge in [0.05, 0.1) is 0 Å². The second-order valence-corrected chi connectivity index (χ2v) is 5.60. The van der Waals surface area contributed by atoms with E-state index < -0.39 is 0 Å². The fourth-order valence-corrected chi connectivity index (χ4v) is 2.71. The van der Waals surface area contributed by atoms with Crippen molar-refractivity contribution in [2.24, 2.45) is 5.92 Å². The Labute approximate surface area is 87.8 Å². The van der Waals surface area contributed by atoms with Crippen LogP contribution in [-0.2, 0) is 0 Å². The lowest BCUT2D eigenvalue weighted by molar-refractivity contribution is 0.199. The van der Waals surface area contributed by atoms with Crippen molar-refractivity contribution in [2.75, 3.05) is 13.1 Å². The van der Waals surface area contributed by atoms with E-state index in [9.17, 15) is 0 Å². The van der Waals surface area contributed by atoms with Gasteiger partial charge in [-0.3, -0.25) is 0 Å². The zero-order chi connectivity index (χ0) is 10.0. The van der Waals surface area contributed by atoms with Crippen LogP contribution in [0.15, 0.2) is 0 Å². The van der Waals surface area contributed by atoms with E-state index in [0.29, 0.717) is 5.54 Å². The minimum atomic E-state index is 0.372. The summed E-state index contributed by atoms with van der Waals surface area (Å²) in [6, 6.07) is 0.811. The molecule has 14 heavy (non-hydrogen) atoms. The summed E-state index contributed by atoms with van der Waals surface area (Å²) in [7, 11) is 0. The third kappa shape index (κ3) is 2.48. The first-order valence-corrected chi connectivity index (χ1v) is 6.16. The van der Waals surface area contributed by atoms with E-state index in [-0.39, 0.29) is 0 Å². The lowest BCUT2D eigenvalue weighted by Gasteiger charge is -2.40. The van der Waals surface area contributed by atoms with E-state index >= 15 is 0 Å². The molecule has 1 heterocycles. The molecule has 1 saturated carbocycles. The minimum Gasteiger partial charge on any atom is -0.312 e. The zero-order valence-electron chi connectivity index (χ0n) is 9.60. The number of hydrogen-bond acceptors (Lipinski definition) is 2. The molecule has 2 nitrogen and oxygen atoms in total. The van der Waals surface area contributed by atoms with Crippen LogP contribution in [0.25, 0.3) is 0 Å². The summed E-state index contributed by atoms with van der Waals surface area (Å²) >= 11 is 0. The number of nitrogens with one attached hydrogen (secondary N) is 2. The van der Waals surface area contributed by atoms with Crippen LogP contribution >= 0.6 is 0 Å². The van der Waals surface area contributed by atoms with Gasteiger partial charge in [-0.25, -0.2) is 0 Å². The monoisotopic (exact) mass is 196 g/mol. The second kappa shape index (κ2) is 4.19. The van der Waals surface area contributed by atoms with Gasteiger partial charge in [-0.05, 0) is 45.1 Å². The average molecular weight is 196 g/mol. The Bertz CT molecular complexity index is 179. The maximum absolute atomic E-state index is 3.70. The second-order valence-electron chi connectivity index (χ2n) is 5.60. The highest BCUT2D eigenvalue weighted by atomic mass is 15.1. The molecule has 1 atom stereocenters. The molecule has 1 aliphatic carbocycles. The molecule has 1 saturated heterocycles. The Balaban J connectivity index is 1.68. The Morgan fingerprint density at radius 1 is 1.36 bits per heavy atom. The topological polar surface area (TPSA) is 24.1 Å². The molecule has 2 fully saturated rings. The van der Waals surface area contributed by atoms with Gasteiger partial charge in [0.15, 0.2) is 0 Å². The van der Waals surface area contributed by atoms with Crippen LogP contribution in [0.1, 0.15) is 46.0 Å². The summed E-state index contributed by atoms with van der Waals surface area (Å²) < 4.78 is 0. The number of rotatable bonds is 3. The SMILES string of the molecule is CC1CC(NCC2(C)CCCCN2)C1. The summed E-state index contributed by atoms with van der Waals surface area (Å²) in [4.78, 5) is 0. The van der Waals surface area contributed by atoms with Gasteiger partial charge in [-0.15, -0.1) is 0 Å². The molecule has 2 aliphatic rings. The molecule has 1 aliphatic heterocycles. The Hall–Kier alpha value is -0.0800. The van der Waals surface area contributed by atoms with Crippen LogP contribution in [0, 0.1) is 5.92 Å². The van der Waals surface area contributed by atoms with Gasteiger partial charge in [-0.1, -0.05) is 13.3 Å². The molecule has 0 aromatic rings. The van der Waals surface area contributed by atoms with Crippen LogP contribution < -0.4 is 10.6 Å². The zero-order valence-corrected chi connectivity index (χ0v) is 9.60. The number of piperidine rings is 1. The van der Waals surface area contributed by atoms with Crippen LogP contribution in [0.3, 0.4) is 0 Å². The Morgan fingerprint density at radius 2 is 2.14 bits per heavy atom. The summed E-state index contributed by atoms with van der Waals surface area (Å²) in [5.41, 5.74) is 0.372. The highest BCUT2D eigenvalue weighted by molar-refractivity contribution is 4.91. The largest absolute Gasteiger partial charge is 0.312 e. The maximum Gasteiger partial charge on any atom is 0.0278 e. The molecule has 0 radical (unpaired) electrons. The molecule has 0 aromatic heterocycles. The normalized spacial score (nSPS) is 43.3. The summed E-state index contributed by atoms with van der Waals surface area (Å²) in [6.07, 6.45) is 6.86. The van der Waals surface area contributed by atoms with E-state index in [2.05, 4.69) is 24.5 Å². The van der Waals surface area contributed by atoms with Gasteiger partial charge >= 0.3 is 0 Å². The van der Waals surface area contributed by atoms with Crippen molar-refractivity contribution >= 4 is 0 Å². The molecule has 0 bridgehead atoms. The first kappa shape index (κ1) is 10.4. The molecular formula is C12H24N2. The predicted octanol–water partition coefficient (Wildman–Crippen LogP) is 1.91. The van der Waals surface area contributed by atoms with Crippen molar-refractivity contribution in [1.82, 2.24) is 10.6 Å². The van der Waals surface area contributed by atoms with E-state index in [1.165, 1.54) is 38.6 Å². The third-order valence-corrected chi connectivity index (χ3v) is 3.86. The molecule has 0 aromatic carbocycles. The fourth-order valence-electron chi connectivity index (χ4n) is 2.71. The first-order valence-electron chi connectivity index (χ1n) is 6.16. The lowest BCUT2D eigenvalue weighted by atomic mass is 9.81.